The van der Waals surface area contributed by atoms with Crippen LogP contribution in [0.15, 0.2) is 65.6 Å². The number of nitrogens with zero attached hydrogens (tertiary/aromatic N) is 1. The van der Waals surface area contributed by atoms with Crippen LogP contribution < -0.4 is 4.72 Å². The highest BCUT2D eigenvalue weighted by atomic mass is 32.2. The van der Waals surface area contributed by atoms with Gasteiger partial charge in [0, 0.05) is 18.7 Å². The second kappa shape index (κ2) is 9.26. The van der Waals surface area contributed by atoms with E-state index >= 15 is 0 Å². The third-order valence-electron chi connectivity index (χ3n) is 3.85. The first kappa shape index (κ1) is 19.8. The molecule has 0 aliphatic rings. The second-order valence-corrected chi connectivity index (χ2v) is 7.53. The minimum absolute atomic E-state index is 0.0981. The Morgan fingerprint density at radius 2 is 1.88 bits per heavy atom. The third-order valence-corrected chi connectivity index (χ3v) is 5.31. The average molecular weight is 374 g/mol. The van der Waals surface area contributed by atoms with Crippen LogP contribution in [0.4, 0.5) is 5.69 Å². The van der Waals surface area contributed by atoms with Crippen LogP contribution in [-0.4, -0.2) is 19.9 Å². The monoisotopic (exact) mass is 374 g/mol. The fourth-order valence-electron chi connectivity index (χ4n) is 2.60. The van der Waals surface area contributed by atoms with Crippen molar-refractivity contribution in [3.8, 4) is 0 Å². The van der Waals surface area contributed by atoms with Crippen LogP contribution in [0.2, 0.25) is 0 Å². The number of non-ortho nitro benzene ring substituents is 1. The van der Waals surface area contributed by atoms with Crippen molar-refractivity contribution < 1.29 is 13.3 Å². The van der Waals surface area contributed by atoms with Crippen molar-refractivity contribution in [2.24, 2.45) is 0 Å². The number of sulfonamides is 1. The van der Waals surface area contributed by atoms with Gasteiger partial charge in [0.1, 0.15) is 0 Å². The van der Waals surface area contributed by atoms with Crippen molar-refractivity contribution in [3.05, 3.63) is 76.4 Å². The summed E-state index contributed by atoms with van der Waals surface area (Å²) in [6.07, 6.45) is 4.43. The van der Waals surface area contributed by atoms with Crippen LogP contribution >= 0.6 is 0 Å². The smallest absolute Gasteiger partial charge is 0.258 e. The van der Waals surface area contributed by atoms with Crippen molar-refractivity contribution >= 4 is 21.3 Å². The van der Waals surface area contributed by atoms with Crippen molar-refractivity contribution in [2.75, 3.05) is 6.54 Å². The molecule has 1 N–H and O–H groups in total. The maximum atomic E-state index is 12.3. The van der Waals surface area contributed by atoms with E-state index in [9.17, 15) is 18.5 Å². The molecule has 0 saturated carbocycles. The molecule has 26 heavy (non-hydrogen) atoms. The van der Waals surface area contributed by atoms with E-state index in [1.54, 1.807) is 0 Å². The van der Waals surface area contributed by atoms with Crippen LogP contribution in [-0.2, 0) is 10.0 Å². The van der Waals surface area contributed by atoms with Gasteiger partial charge in [0.15, 0.2) is 0 Å². The number of hydrogen-bond acceptors (Lipinski definition) is 4. The summed E-state index contributed by atoms with van der Waals surface area (Å²) in [5, 5.41) is 10.8. The van der Waals surface area contributed by atoms with Crippen molar-refractivity contribution in [2.45, 2.75) is 31.1 Å². The Morgan fingerprint density at radius 1 is 1.15 bits per heavy atom. The topological polar surface area (TPSA) is 89.3 Å². The van der Waals surface area contributed by atoms with Gasteiger partial charge in [0.05, 0.1) is 9.82 Å². The molecule has 0 aliphatic carbocycles. The molecule has 2 aromatic rings. The molecule has 0 aromatic heterocycles. The van der Waals surface area contributed by atoms with Crippen molar-refractivity contribution in [3.63, 3.8) is 0 Å². The first-order chi connectivity index (χ1) is 12.4. The van der Waals surface area contributed by atoms with E-state index in [1.165, 1.54) is 23.8 Å². The predicted molar refractivity (Wildman–Crippen MR) is 102 cm³/mol. The van der Waals surface area contributed by atoms with Crippen LogP contribution in [0.3, 0.4) is 0 Å². The Bertz CT molecular complexity index is 877. The normalized spacial score (nSPS) is 12.1. The molecule has 0 heterocycles. The highest BCUT2D eigenvalue weighted by molar-refractivity contribution is 7.89. The number of nitro benzene ring substituents is 1. The van der Waals surface area contributed by atoms with Gasteiger partial charge < -0.3 is 0 Å². The molecule has 0 spiro atoms. The van der Waals surface area contributed by atoms with Gasteiger partial charge in [-0.25, -0.2) is 13.1 Å². The molecule has 2 aromatic carbocycles. The maximum absolute atomic E-state index is 12.3. The lowest BCUT2D eigenvalue weighted by atomic mass is 10.0. The molecule has 0 atom stereocenters. The first-order valence-electron chi connectivity index (χ1n) is 8.42. The van der Waals surface area contributed by atoms with E-state index in [0.29, 0.717) is 6.42 Å². The molecule has 0 bridgehead atoms. The number of nitrogens with one attached hydrogen (secondary N) is 1. The molecule has 0 fully saturated rings. The predicted octanol–water partition coefficient (Wildman–Crippen LogP) is 4.15. The zero-order valence-electron chi connectivity index (χ0n) is 14.6. The van der Waals surface area contributed by atoms with E-state index in [4.69, 9.17) is 0 Å². The SMILES string of the molecule is CC/C=C(/CCCNS(=O)(=O)c1cccc([N+](=O)[O-])c1)c1ccccc1. The Labute approximate surface area is 153 Å². The van der Waals surface area contributed by atoms with E-state index in [-0.39, 0.29) is 17.1 Å². The zero-order chi connectivity index (χ0) is 19.0. The number of hydrogen-bond donors (Lipinski definition) is 1. The summed E-state index contributed by atoms with van der Waals surface area (Å²) in [6.45, 7) is 2.33. The minimum Gasteiger partial charge on any atom is -0.258 e. The maximum Gasteiger partial charge on any atom is 0.270 e. The van der Waals surface area contributed by atoms with Gasteiger partial charge in [0.25, 0.3) is 5.69 Å². The number of benzene rings is 2. The highest BCUT2D eigenvalue weighted by Gasteiger charge is 2.17. The molecule has 0 unspecified atom stereocenters. The van der Waals surface area contributed by atoms with Gasteiger partial charge in [-0.2, -0.15) is 0 Å². The summed E-state index contributed by atoms with van der Waals surface area (Å²) in [5.74, 6) is 0. The summed E-state index contributed by atoms with van der Waals surface area (Å²) < 4.78 is 27.1. The van der Waals surface area contributed by atoms with Crippen molar-refractivity contribution in [1.29, 1.82) is 0 Å². The van der Waals surface area contributed by atoms with Gasteiger partial charge in [-0.05, 0) is 36.5 Å². The van der Waals surface area contributed by atoms with Gasteiger partial charge in [-0.15, -0.1) is 0 Å². The molecule has 7 heteroatoms. The lowest BCUT2D eigenvalue weighted by molar-refractivity contribution is -0.385. The summed E-state index contributed by atoms with van der Waals surface area (Å²) in [6, 6.07) is 15.0. The van der Waals surface area contributed by atoms with E-state index in [0.717, 1.165) is 24.5 Å². The van der Waals surface area contributed by atoms with Gasteiger partial charge in [-0.3, -0.25) is 10.1 Å². The molecule has 6 nitrogen and oxygen atoms in total. The molecular weight excluding hydrogens is 352 g/mol. The number of rotatable bonds is 9. The zero-order valence-corrected chi connectivity index (χ0v) is 15.4. The summed E-state index contributed by atoms with van der Waals surface area (Å²) in [4.78, 5) is 10.1. The number of nitro groups is 1. The Kier molecular flexibility index (Phi) is 7.06. The van der Waals surface area contributed by atoms with Crippen molar-refractivity contribution in [1.82, 2.24) is 4.72 Å². The summed E-state index contributed by atoms with van der Waals surface area (Å²) in [5.41, 5.74) is 2.07. The molecule has 0 amide bonds. The summed E-state index contributed by atoms with van der Waals surface area (Å²) in [7, 11) is -3.77. The third kappa shape index (κ3) is 5.50. The summed E-state index contributed by atoms with van der Waals surface area (Å²) >= 11 is 0. The highest BCUT2D eigenvalue weighted by Crippen LogP contribution is 2.21. The van der Waals surface area contributed by atoms with Crippen LogP contribution in [0.25, 0.3) is 5.57 Å². The fraction of sp³-hybridized carbons (Fsp3) is 0.263. The Balaban J connectivity index is 1.97. The van der Waals surface area contributed by atoms with E-state index in [2.05, 4.69) is 17.7 Å². The van der Waals surface area contributed by atoms with Gasteiger partial charge >= 0.3 is 0 Å². The first-order valence-corrected chi connectivity index (χ1v) is 9.91. The Morgan fingerprint density at radius 3 is 2.54 bits per heavy atom. The standard InChI is InChI=1S/C19H22N2O4S/c1-2-8-16(17-9-4-3-5-10-17)11-7-14-20-26(24,25)19-13-6-12-18(15-19)21(22)23/h3-6,8-10,12-13,15,20H,2,7,11,14H2,1H3/b16-8-. The fourth-order valence-corrected chi connectivity index (χ4v) is 3.71. The number of allylic oxidation sites excluding steroid dienone is 2. The lowest BCUT2D eigenvalue weighted by Gasteiger charge is -2.10. The Hall–Kier alpha value is -2.51. The molecule has 0 aliphatic heterocycles. The van der Waals surface area contributed by atoms with E-state index in [1.807, 2.05) is 30.3 Å². The average Bonchev–Trinajstić information content (AvgIpc) is 2.65. The van der Waals surface area contributed by atoms with Crippen LogP contribution in [0, 0.1) is 10.1 Å². The van der Waals surface area contributed by atoms with E-state index < -0.39 is 14.9 Å². The molecule has 0 radical (unpaired) electrons. The van der Waals surface area contributed by atoms with Crippen LogP contribution in [0.5, 0.6) is 0 Å². The quantitative estimate of drug-likeness (QED) is 0.406. The molecular formula is C19H22N2O4S. The lowest BCUT2D eigenvalue weighted by Crippen LogP contribution is -2.24. The molecule has 2 rings (SSSR count). The van der Waals surface area contributed by atoms with Crippen LogP contribution in [0.1, 0.15) is 31.7 Å². The van der Waals surface area contributed by atoms with Gasteiger partial charge in [-0.1, -0.05) is 49.4 Å². The molecule has 0 saturated heterocycles. The van der Waals surface area contributed by atoms with Gasteiger partial charge in [0.2, 0.25) is 10.0 Å². The molecule has 138 valence electrons. The second-order valence-electron chi connectivity index (χ2n) is 5.76. The minimum atomic E-state index is -3.77. The largest absolute Gasteiger partial charge is 0.270 e.